The van der Waals surface area contributed by atoms with E-state index >= 15 is 0 Å². The van der Waals surface area contributed by atoms with Crippen molar-refractivity contribution in [3.63, 3.8) is 0 Å². The number of carbonyl (C=O) groups is 2. The van der Waals surface area contributed by atoms with E-state index in [0.717, 1.165) is 11.1 Å². The van der Waals surface area contributed by atoms with Gasteiger partial charge in [-0.2, -0.15) is 5.26 Å². The van der Waals surface area contributed by atoms with Crippen LogP contribution in [0, 0.1) is 11.3 Å². The molecule has 7 nitrogen and oxygen atoms in total. The molecule has 3 aromatic carbocycles. The fourth-order valence-corrected chi connectivity index (χ4v) is 3.71. The maximum Gasteiger partial charge on any atom is 0.307 e. The lowest BCUT2D eigenvalue weighted by Crippen LogP contribution is -2.25. The van der Waals surface area contributed by atoms with E-state index in [-0.39, 0.29) is 12.3 Å². The number of aliphatic carboxylic acids is 1. The fourth-order valence-electron chi connectivity index (χ4n) is 3.59. The van der Waals surface area contributed by atoms with Gasteiger partial charge in [-0.25, -0.2) is 4.98 Å². The van der Waals surface area contributed by atoms with Crippen LogP contribution in [0.4, 0.5) is 0 Å². The topological polar surface area (TPSA) is 108 Å². The Labute approximate surface area is 194 Å². The van der Waals surface area contributed by atoms with Gasteiger partial charge in [0.15, 0.2) is 0 Å². The maximum atomic E-state index is 12.6. The zero-order chi connectivity index (χ0) is 23.4. The van der Waals surface area contributed by atoms with E-state index in [4.69, 9.17) is 16.7 Å². The summed E-state index contributed by atoms with van der Waals surface area (Å²) in [5, 5.41) is 22.1. The van der Waals surface area contributed by atoms with Gasteiger partial charge < -0.3 is 10.4 Å². The zero-order valence-corrected chi connectivity index (χ0v) is 18.2. The molecule has 0 aliphatic rings. The Morgan fingerprint density at radius 3 is 2.55 bits per heavy atom. The Morgan fingerprint density at radius 1 is 1.06 bits per heavy atom. The standard InChI is InChI=1S/C25H19ClN4O3/c26-20-5-1-16(2-6-20)9-10-28-25(33)18-4-8-23-21(13-18)29-15-30(23)22-7-3-17(12-24(31)32)11-19(22)14-27/h1-8,11,13,15H,9-10,12H2,(H,28,33)(H,31,32). The molecule has 1 amide bonds. The van der Waals surface area contributed by atoms with Gasteiger partial charge >= 0.3 is 5.97 Å². The molecule has 0 radical (unpaired) electrons. The first-order chi connectivity index (χ1) is 15.9. The molecule has 2 N–H and O–H groups in total. The Balaban J connectivity index is 1.51. The van der Waals surface area contributed by atoms with Gasteiger partial charge in [-0.3, -0.25) is 14.2 Å². The van der Waals surface area contributed by atoms with E-state index in [1.54, 1.807) is 47.3 Å². The van der Waals surface area contributed by atoms with Crippen LogP contribution in [0.1, 0.15) is 27.0 Å². The second-order valence-electron chi connectivity index (χ2n) is 7.48. The molecule has 0 atom stereocenters. The molecule has 4 aromatic rings. The largest absolute Gasteiger partial charge is 0.481 e. The SMILES string of the molecule is N#Cc1cc(CC(=O)O)ccc1-n1cnc2cc(C(=O)NCCc3ccc(Cl)cc3)ccc21. The smallest absolute Gasteiger partial charge is 0.307 e. The molecule has 0 spiro atoms. The zero-order valence-electron chi connectivity index (χ0n) is 17.5. The summed E-state index contributed by atoms with van der Waals surface area (Å²) in [7, 11) is 0. The summed E-state index contributed by atoms with van der Waals surface area (Å²) in [5.74, 6) is -1.16. The monoisotopic (exact) mass is 458 g/mol. The van der Waals surface area contributed by atoms with Crippen LogP contribution in [0.3, 0.4) is 0 Å². The minimum atomic E-state index is -0.960. The van der Waals surface area contributed by atoms with E-state index in [9.17, 15) is 14.9 Å². The van der Waals surface area contributed by atoms with Crippen LogP contribution < -0.4 is 5.32 Å². The number of nitrogens with zero attached hydrogens (tertiary/aromatic N) is 3. The summed E-state index contributed by atoms with van der Waals surface area (Å²) >= 11 is 5.89. The highest BCUT2D eigenvalue weighted by Crippen LogP contribution is 2.23. The highest BCUT2D eigenvalue weighted by molar-refractivity contribution is 6.30. The van der Waals surface area contributed by atoms with Crippen molar-refractivity contribution in [2.75, 3.05) is 6.54 Å². The molecule has 8 heteroatoms. The summed E-state index contributed by atoms with van der Waals surface area (Å²) in [6.45, 7) is 0.487. The number of carboxylic acids is 1. The van der Waals surface area contributed by atoms with Crippen molar-refractivity contribution in [3.8, 4) is 11.8 Å². The van der Waals surface area contributed by atoms with Gasteiger partial charge in [-0.1, -0.05) is 29.8 Å². The summed E-state index contributed by atoms with van der Waals surface area (Å²) < 4.78 is 1.75. The number of carboxylic acid groups (broad SMARTS) is 1. The summed E-state index contributed by atoms with van der Waals surface area (Å²) in [6, 6.07) is 19.8. The van der Waals surface area contributed by atoms with Gasteiger partial charge in [-0.05, 0) is 60.0 Å². The van der Waals surface area contributed by atoms with Crippen molar-refractivity contribution in [1.29, 1.82) is 5.26 Å². The van der Waals surface area contributed by atoms with Crippen molar-refractivity contribution < 1.29 is 14.7 Å². The number of imidazole rings is 1. The number of hydrogen-bond acceptors (Lipinski definition) is 4. The Hall–Kier alpha value is -4.15. The van der Waals surface area contributed by atoms with E-state index in [2.05, 4.69) is 16.4 Å². The molecule has 0 fully saturated rings. The molecular formula is C25H19ClN4O3. The van der Waals surface area contributed by atoms with Crippen LogP contribution in [0.15, 0.2) is 67.0 Å². The lowest BCUT2D eigenvalue weighted by Gasteiger charge is -2.09. The molecule has 33 heavy (non-hydrogen) atoms. The quantitative estimate of drug-likeness (QED) is 0.432. The van der Waals surface area contributed by atoms with Crippen LogP contribution in [0.5, 0.6) is 0 Å². The number of rotatable bonds is 7. The summed E-state index contributed by atoms with van der Waals surface area (Å²) in [6.07, 6.45) is 2.12. The first kappa shape index (κ1) is 22.1. The lowest BCUT2D eigenvalue weighted by atomic mass is 10.1. The minimum absolute atomic E-state index is 0.157. The average Bonchev–Trinajstić information content (AvgIpc) is 3.23. The van der Waals surface area contributed by atoms with Crippen LogP contribution in [0.25, 0.3) is 16.7 Å². The molecule has 0 bridgehead atoms. The number of benzene rings is 3. The third-order valence-electron chi connectivity index (χ3n) is 5.22. The van der Waals surface area contributed by atoms with Crippen molar-refractivity contribution in [2.45, 2.75) is 12.8 Å². The molecule has 164 valence electrons. The number of aromatic nitrogens is 2. The van der Waals surface area contributed by atoms with Crippen molar-refractivity contribution in [1.82, 2.24) is 14.9 Å². The number of carbonyl (C=O) groups excluding carboxylic acids is 1. The maximum absolute atomic E-state index is 12.6. The van der Waals surface area contributed by atoms with Crippen molar-refractivity contribution >= 4 is 34.5 Å². The van der Waals surface area contributed by atoms with E-state index in [1.807, 2.05) is 24.3 Å². The van der Waals surface area contributed by atoms with E-state index in [1.165, 1.54) is 0 Å². The van der Waals surface area contributed by atoms with Gasteiger partial charge in [0.25, 0.3) is 5.91 Å². The molecule has 0 saturated carbocycles. The molecule has 0 aliphatic heterocycles. The van der Waals surface area contributed by atoms with Crippen LogP contribution in [-0.4, -0.2) is 33.1 Å². The van der Waals surface area contributed by atoms with E-state index in [0.29, 0.717) is 45.9 Å². The van der Waals surface area contributed by atoms with Gasteiger partial charge in [-0.15, -0.1) is 0 Å². The third-order valence-corrected chi connectivity index (χ3v) is 5.47. The number of hydrogen-bond donors (Lipinski definition) is 2. The normalized spacial score (nSPS) is 10.7. The Morgan fingerprint density at radius 2 is 1.82 bits per heavy atom. The third kappa shape index (κ3) is 5.03. The molecule has 0 aliphatic carbocycles. The van der Waals surface area contributed by atoms with Gasteiger partial charge in [0.1, 0.15) is 12.4 Å². The average molecular weight is 459 g/mol. The molecule has 0 unspecified atom stereocenters. The number of fused-ring (bicyclic) bond motifs is 1. The predicted molar refractivity (Wildman–Crippen MR) is 125 cm³/mol. The van der Waals surface area contributed by atoms with Crippen LogP contribution in [-0.2, 0) is 17.6 Å². The molecular weight excluding hydrogens is 440 g/mol. The molecule has 1 aromatic heterocycles. The highest BCUT2D eigenvalue weighted by atomic mass is 35.5. The number of halogens is 1. The number of nitriles is 1. The lowest BCUT2D eigenvalue weighted by molar-refractivity contribution is -0.136. The summed E-state index contributed by atoms with van der Waals surface area (Å²) in [4.78, 5) is 27.9. The number of amides is 1. The van der Waals surface area contributed by atoms with Crippen molar-refractivity contribution in [2.24, 2.45) is 0 Å². The highest BCUT2D eigenvalue weighted by Gasteiger charge is 2.13. The Bertz CT molecular complexity index is 1390. The van der Waals surface area contributed by atoms with Gasteiger partial charge in [0.05, 0.1) is 28.7 Å². The van der Waals surface area contributed by atoms with Crippen LogP contribution in [0.2, 0.25) is 5.02 Å². The molecule has 1 heterocycles. The first-order valence-corrected chi connectivity index (χ1v) is 10.6. The summed E-state index contributed by atoms with van der Waals surface area (Å²) in [5.41, 5.74) is 4.39. The minimum Gasteiger partial charge on any atom is -0.481 e. The number of nitrogens with one attached hydrogen (secondary N) is 1. The van der Waals surface area contributed by atoms with E-state index < -0.39 is 5.97 Å². The second kappa shape index (κ2) is 9.55. The predicted octanol–water partition coefficient (Wildman–Crippen LogP) is 4.15. The molecule has 0 saturated heterocycles. The van der Waals surface area contributed by atoms with Gasteiger partial charge in [0.2, 0.25) is 0 Å². The first-order valence-electron chi connectivity index (χ1n) is 10.2. The molecule has 4 rings (SSSR count). The second-order valence-corrected chi connectivity index (χ2v) is 7.92. The Kier molecular flexibility index (Phi) is 6.38. The van der Waals surface area contributed by atoms with Gasteiger partial charge in [0, 0.05) is 17.1 Å². The van der Waals surface area contributed by atoms with Crippen LogP contribution >= 0.6 is 11.6 Å². The van der Waals surface area contributed by atoms with Crippen molar-refractivity contribution in [3.05, 3.63) is 94.3 Å². The fraction of sp³-hybridized carbons (Fsp3) is 0.120.